The molecule has 1 aliphatic rings. The lowest BCUT2D eigenvalue weighted by molar-refractivity contribution is 0.0952. The third kappa shape index (κ3) is 4.50. The Hall–Kier alpha value is -1.47. The van der Waals surface area contributed by atoms with Crippen LogP contribution < -0.4 is 5.32 Å². The minimum absolute atomic E-state index is 0.211. The average Bonchev–Trinajstić information content (AvgIpc) is 2.44. The summed E-state index contributed by atoms with van der Waals surface area (Å²) < 4.78 is 38.0. The molecule has 0 atom stereocenters. The van der Waals surface area contributed by atoms with E-state index in [1.165, 1.54) is 28.6 Å². The molecule has 1 aromatic carbocycles. The number of nitrogens with one attached hydrogen (secondary N) is 1. The molecule has 0 saturated carbocycles. The Kier molecular flexibility index (Phi) is 5.30. The molecule has 1 N–H and O–H groups in total. The zero-order valence-corrected chi connectivity index (χ0v) is 12.5. The number of rotatable bonds is 5. The molecule has 1 aromatic rings. The quantitative estimate of drug-likeness (QED) is 0.835. The van der Waals surface area contributed by atoms with Crippen LogP contribution in [0.4, 0.5) is 4.39 Å². The van der Waals surface area contributed by atoms with E-state index in [-0.39, 0.29) is 17.2 Å². The van der Waals surface area contributed by atoms with Crippen LogP contribution in [0.2, 0.25) is 0 Å². The number of carbonyl (C=O) groups excluding carboxylic acids is 1. The molecule has 1 heterocycles. The number of hydrogen-bond donors (Lipinski definition) is 1. The monoisotopic (exact) mass is 314 g/mol. The van der Waals surface area contributed by atoms with E-state index < -0.39 is 15.8 Å². The van der Waals surface area contributed by atoms with E-state index in [1.54, 1.807) is 0 Å². The SMILES string of the molecule is O=C(NCCCN1CCCCS1(=O)=O)c1cccc(F)c1. The Bertz CT molecular complexity index is 604. The maximum atomic E-state index is 13.0. The van der Waals surface area contributed by atoms with Gasteiger partial charge < -0.3 is 5.32 Å². The van der Waals surface area contributed by atoms with Crippen molar-refractivity contribution >= 4 is 15.9 Å². The summed E-state index contributed by atoms with van der Waals surface area (Å²) in [5.74, 6) is -0.596. The summed E-state index contributed by atoms with van der Waals surface area (Å²) >= 11 is 0. The van der Waals surface area contributed by atoms with E-state index in [1.807, 2.05) is 0 Å². The molecule has 0 spiro atoms. The summed E-state index contributed by atoms with van der Waals surface area (Å²) in [6.07, 6.45) is 2.14. The lowest BCUT2D eigenvalue weighted by Crippen LogP contribution is -2.39. The predicted octanol–water partition coefficient (Wildman–Crippen LogP) is 1.37. The first-order valence-corrected chi connectivity index (χ1v) is 8.61. The second-order valence-corrected chi connectivity index (χ2v) is 7.13. The van der Waals surface area contributed by atoms with Gasteiger partial charge in [-0.3, -0.25) is 4.79 Å². The van der Waals surface area contributed by atoms with Crippen LogP contribution in [0.25, 0.3) is 0 Å². The fraction of sp³-hybridized carbons (Fsp3) is 0.500. The number of halogens is 1. The fourth-order valence-electron chi connectivity index (χ4n) is 2.28. The van der Waals surface area contributed by atoms with Crippen LogP contribution in [0.3, 0.4) is 0 Å². The highest BCUT2D eigenvalue weighted by Gasteiger charge is 2.24. The molecule has 1 saturated heterocycles. The molecule has 116 valence electrons. The highest BCUT2D eigenvalue weighted by Crippen LogP contribution is 2.13. The summed E-state index contributed by atoms with van der Waals surface area (Å²) in [6, 6.07) is 5.46. The van der Waals surface area contributed by atoms with Gasteiger partial charge in [-0.2, -0.15) is 0 Å². The summed E-state index contributed by atoms with van der Waals surface area (Å²) in [5.41, 5.74) is 0.264. The molecule has 7 heteroatoms. The molecule has 1 fully saturated rings. The fourth-order valence-corrected chi connectivity index (χ4v) is 3.92. The molecular weight excluding hydrogens is 295 g/mol. The van der Waals surface area contributed by atoms with Gasteiger partial charge in [-0.25, -0.2) is 17.1 Å². The zero-order chi connectivity index (χ0) is 15.3. The van der Waals surface area contributed by atoms with Gasteiger partial charge in [-0.05, 0) is 37.5 Å². The smallest absolute Gasteiger partial charge is 0.251 e. The number of sulfonamides is 1. The molecule has 0 aromatic heterocycles. The van der Waals surface area contributed by atoms with E-state index >= 15 is 0 Å². The van der Waals surface area contributed by atoms with Crippen molar-refractivity contribution in [3.63, 3.8) is 0 Å². The minimum Gasteiger partial charge on any atom is -0.352 e. The second kappa shape index (κ2) is 7.00. The molecule has 0 radical (unpaired) electrons. The Morgan fingerprint density at radius 1 is 1.33 bits per heavy atom. The van der Waals surface area contributed by atoms with E-state index in [0.29, 0.717) is 26.1 Å². The van der Waals surface area contributed by atoms with Gasteiger partial charge >= 0.3 is 0 Å². The van der Waals surface area contributed by atoms with Crippen molar-refractivity contribution in [1.29, 1.82) is 0 Å². The Morgan fingerprint density at radius 2 is 2.14 bits per heavy atom. The highest BCUT2D eigenvalue weighted by atomic mass is 32.2. The van der Waals surface area contributed by atoms with Crippen LogP contribution in [-0.4, -0.2) is 44.0 Å². The van der Waals surface area contributed by atoms with Crippen LogP contribution in [0, 0.1) is 5.82 Å². The molecule has 2 rings (SSSR count). The van der Waals surface area contributed by atoms with Crippen LogP contribution in [0.15, 0.2) is 24.3 Å². The van der Waals surface area contributed by atoms with Gasteiger partial charge in [0.2, 0.25) is 10.0 Å². The Labute approximate surface area is 124 Å². The van der Waals surface area contributed by atoms with Gasteiger partial charge in [0.15, 0.2) is 0 Å². The van der Waals surface area contributed by atoms with Crippen LogP contribution in [0.1, 0.15) is 29.6 Å². The summed E-state index contributed by atoms with van der Waals surface area (Å²) in [7, 11) is -3.11. The molecule has 0 unspecified atom stereocenters. The number of nitrogens with zero attached hydrogens (tertiary/aromatic N) is 1. The minimum atomic E-state index is -3.11. The number of carbonyl (C=O) groups is 1. The molecule has 5 nitrogen and oxygen atoms in total. The third-order valence-electron chi connectivity index (χ3n) is 3.41. The van der Waals surface area contributed by atoms with E-state index in [4.69, 9.17) is 0 Å². The lowest BCUT2D eigenvalue weighted by atomic mass is 10.2. The maximum absolute atomic E-state index is 13.0. The topological polar surface area (TPSA) is 66.5 Å². The largest absolute Gasteiger partial charge is 0.352 e. The van der Waals surface area contributed by atoms with Crippen molar-refractivity contribution < 1.29 is 17.6 Å². The van der Waals surface area contributed by atoms with Crippen molar-refractivity contribution in [3.05, 3.63) is 35.6 Å². The van der Waals surface area contributed by atoms with Crippen molar-refractivity contribution in [2.45, 2.75) is 19.3 Å². The van der Waals surface area contributed by atoms with Gasteiger partial charge in [0.05, 0.1) is 5.75 Å². The number of benzene rings is 1. The van der Waals surface area contributed by atoms with E-state index in [2.05, 4.69) is 5.32 Å². The predicted molar refractivity (Wildman–Crippen MR) is 77.9 cm³/mol. The first kappa shape index (κ1) is 15.9. The first-order chi connectivity index (χ1) is 9.99. The average molecular weight is 314 g/mol. The summed E-state index contributed by atoms with van der Waals surface area (Å²) in [4.78, 5) is 11.8. The summed E-state index contributed by atoms with van der Waals surface area (Å²) in [6.45, 7) is 1.33. The second-order valence-electron chi connectivity index (χ2n) is 5.04. The highest BCUT2D eigenvalue weighted by molar-refractivity contribution is 7.89. The third-order valence-corrected chi connectivity index (χ3v) is 5.37. The van der Waals surface area contributed by atoms with Gasteiger partial charge in [0.1, 0.15) is 5.82 Å². The zero-order valence-electron chi connectivity index (χ0n) is 11.7. The summed E-state index contributed by atoms with van der Waals surface area (Å²) in [5, 5.41) is 2.67. The lowest BCUT2D eigenvalue weighted by Gasteiger charge is -2.26. The first-order valence-electron chi connectivity index (χ1n) is 7.01. The Balaban J connectivity index is 1.76. The van der Waals surface area contributed by atoms with Crippen LogP contribution in [0.5, 0.6) is 0 Å². The van der Waals surface area contributed by atoms with Crippen molar-refractivity contribution in [2.75, 3.05) is 25.4 Å². The van der Waals surface area contributed by atoms with Crippen LogP contribution >= 0.6 is 0 Å². The van der Waals surface area contributed by atoms with E-state index in [9.17, 15) is 17.6 Å². The normalized spacial score (nSPS) is 18.3. The molecular formula is C14H19FN2O3S. The van der Waals surface area contributed by atoms with Crippen LogP contribution in [-0.2, 0) is 10.0 Å². The standard InChI is InChI=1S/C14H19FN2O3S/c15-13-6-3-5-12(11-13)14(18)16-7-4-9-17-8-1-2-10-21(17,19)20/h3,5-6,11H,1-2,4,7-10H2,(H,16,18). The van der Waals surface area contributed by atoms with Gasteiger partial charge in [-0.1, -0.05) is 6.07 Å². The maximum Gasteiger partial charge on any atom is 0.251 e. The van der Waals surface area contributed by atoms with Crippen molar-refractivity contribution in [3.8, 4) is 0 Å². The molecule has 21 heavy (non-hydrogen) atoms. The van der Waals surface area contributed by atoms with Gasteiger partial charge in [0, 0.05) is 25.2 Å². The number of hydrogen-bond acceptors (Lipinski definition) is 3. The van der Waals surface area contributed by atoms with E-state index in [0.717, 1.165) is 12.8 Å². The molecule has 1 amide bonds. The number of amides is 1. The van der Waals surface area contributed by atoms with Gasteiger partial charge in [0.25, 0.3) is 5.91 Å². The molecule has 0 bridgehead atoms. The van der Waals surface area contributed by atoms with Gasteiger partial charge in [-0.15, -0.1) is 0 Å². The molecule has 0 aliphatic carbocycles. The van der Waals surface area contributed by atoms with Crippen molar-refractivity contribution in [2.24, 2.45) is 0 Å². The molecule has 1 aliphatic heterocycles. The van der Waals surface area contributed by atoms with Crippen molar-refractivity contribution in [1.82, 2.24) is 9.62 Å². The Morgan fingerprint density at radius 3 is 2.86 bits per heavy atom.